The second-order valence-electron chi connectivity index (χ2n) is 6.47. The molecule has 0 unspecified atom stereocenters. The van der Waals surface area contributed by atoms with Crippen LogP contribution in [0.4, 0.5) is 5.69 Å². The number of amides is 2. The monoisotopic (exact) mass is 316 g/mol. The normalized spacial score (nSPS) is 15.7. The standard InChI is InChI=1S/C19H28N2O2/c1-4-15(5-2)19(23)21-11-9-16(10-12-21)18(22)20-17-8-6-7-14(3)13-17/h6-8,13,15-16H,4-5,9-12H2,1-3H3,(H,20,22). The van der Waals surface area contributed by atoms with Gasteiger partial charge in [0.15, 0.2) is 0 Å². The molecule has 1 N–H and O–H groups in total. The van der Waals surface area contributed by atoms with E-state index in [9.17, 15) is 9.59 Å². The van der Waals surface area contributed by atoms with Crippen LogP contribution in [-0.2, 0) is 9.59 Å². The van der Waals surface area contributed by atoms with Crippen LogP contribution in [0.25, 0.3) is 0 Å². The minimum Gasteiger partial charge on any atom is -0.342 e. The van der Waals surface area contributed by atoms with E-state index in [0.29, 0.717) is 13.1 Å². The highest BCUT2D eigenvalue weighted by Gasteiger charge is 2.29. The summed E-state index contributed by atoms with van der Waals surface area (Å²) in [5.41, 5.74) is 1.99. The number of aryl methyl sites for hydroxylation is 1. The fourth-order valence-corrected chi connectivity index (χ4v) is 3.23. The summed E-state index contributed by atoms with van der Waals surface area (Å²) in [5.74, 6) is 0.465. The Bertz CT molecular complexity index is 544. The largest absolute Gasteiger partial charge is 0.342 e. The molecule has 0 saturated carbocycles. The van der Waals surface area contributed by atoms with E-state index in [4.69, 9.17) is 0 Å². The zero-order valence-corrected chi connectivity index (χ0v) is 14.5. The Labute approximate surface area is 139 Å². The minimum absolute atomic E-state index is 0.00117. The summed E-state index contributed by atoms with van der Waals surface area (Å²) in [7, 11) is 0. The molecule has 1 aromatic rings. The molecule has 1 aliphatic heterocycles. The maximum absolute atomic E-state index is 12.4. The van der Waals surface area contributed by atoms with E-state index < -0.39 is 0 Å². The number of carbonyl (C=O) groups excluding carboxylic acids is 2. The number of likely N-dealkylation sites (tertiary alicyclic amines) is 1. The lowest BCUT2D eigenvalue weighted by atomic mass is 9.93. The van der Waals surface area contributed by atoms with Gasteiger partial charge in [-0.05, 0) is 50.3 Å². The third-order valence-electron chi connectivity index (χ3n) is 4.80. The van der Waals surface area contributed by atoms with E-state index in [1.807, 2.05) is 36.1 Å². The van der Waals surface area contributed by atoms with Gasteiger partial charge < -0.3 is 10.2 Å². The van der Waals surface area contributed by atoms with Crippen molar-refractivity contribution in [1.29, 1.82) is 0 Å². The summed E-state index contributed by atoms with van der Waals surface area (Å²) < 4.78 is 0. The first kappa shape index (κ1) is 17.5. The number of benzene rings is 1. The van der Waals surface area contributed by atoms with Crippen molar-refractivity contribution < 1.29 is 9.59 Å². The summed E-state index contributed by atoms with van der Waals surface area (Å²) >= 11 is 0. The van der Waals surface area contributed by atoms with Gasteiger partial charge in [-0.15, -0.1) is 0 Å². The third kappa shape index (κ3) is 4.57. The van der Waals surface area contributed by atoms with Crippen LogP contribution < -0.4 is 5.32 Å². The van der Waals surface area contributed by atoms with Gasteiger partial charge in [-0.2, -0.15) is 0 Å². The number of hydrogen-bond donors (Lipinski definition) is 1. The number of piperidine rings is 1. The molecule has 0 aliphatic carbocycles. The Morgan fingerprint density at radius 2 is 1.87 bits per heavy atom. The molecule has 1 fully saturated rings. The zero-order chi connectivity index (χ0) is 16.8. The van der Waals surface area contributed by atoms with Gasteiger partial charge in [0.25, 0.3) is 0 Å². The topological polar surface area (TPSA) is 49.4 Å². The van der Waals surface area contributed by atoms with Crippen molar-refractivity contribution in [2.24, 2.45) is 11.8 Å². The maximum atomic E-state index is 12.4. The van der Waals surface area contributed by atoms with Crippen molar-refractivity contribution in [3.63, 3.8) is 0 Å². The van der Waals surface area contributed by atoms with Crippen LogP contribution in [0.1, 0.15) is 45.1 Å². The van der Waals surface area contributed by atoms with Crippen LogP contribution in [0.15, 0.2) is 24.3 Å². The predicted molar refractivity (Wildman–Crippen MR) is 93.2 cm³/mol. The van der Waals surface area contributed by atoms with Gasteiger partial charge in [-0.25, -0.2) is 0 Å². The van der Waals surface area contributed by atoms with Crippen LogP contribution in [0, 0.1) is 18.8 Å². The Morgan fingerprint density at radius 1 is 1.22 bits per heavy atom. The van der Waals surface area contributed by atoms with E-state index in [0.717, 1.165) is 36.9 Å². The van der Waals surface area contributed by atoms with Crippen LogP contribution in [0.5, 0.6) is 0 Å². The predicted octanol–water partition coefficient (Wildman–Crippen LogP) is 3.61. The minimum atomic E-state index is 0.00117. The van der Waals surface area contributed by atoms with E-state index in [2.05, 4.69) is 19.2 Å². The molecule has 1 aromatic carbocycles. The number of nitrogens with one attached hydrogen (secondary N) is 1. The Hall–Kier alpha value is -1.84. The summed E-state index contributed by atoms with van der Waals surface area (Å²) in [6.45, 7) is 7.53. The second-order valence-corrected chi connectivity index (χ2v) is 6.47. The molecular weight excluding hydrogens is 288 g/mol. The molecule has 0 radical (unpaired) electrons. The van der Waals surface area contributed by atoms with Gasteiger partial charge in [0.2, 0.25) is 11.8 Å². The van der Waals surface area contributed by atoms with Crippen LogP contribution in [-0.4, -0.2) is 29.8 Å². The molecule has 1 saturated heterocycles. The first-order valence-corrected chi connectivity index (χ1v) is 8.71. The number of rotatable bonds is 5. The number of hydrogen-bond acceptors (Lipinski definition) is 2. The quantitative estimate of drug-likeness (QED) is 0.902. The van der Waals surface area contributed by atoms with Crippen LogP contribution >= 0.6 is 0 Å². The molecule has 1 heterocycles. The van der Waals surface area contributed by atoms with E-state index in [1.165, 1.54) is 0 Å². The Balaban J connectivity index is 1.86. The molecule has 4 nitrogen and oxygen atoms in total. The van der Waals surface area contributed by atoms with Crippen molar-refractivity contribution in [3.05, 3.63) is 29.8 Å². The lowest BCUT2D eigenvalue weighted by molar-refractivity contribution is -0.138. The van der Waals surface area contributed by atoms with Crippen LogP contribution in [0.3, 0.4) is 0 Å². The highest BCUT2D eigenvalue weighted by molar-refractivity contribution is 5.92. The number of anilines is 1. The molecule has 4 heteroatoms. The van der Waals surface area contributed by atoms with Gasteiger partial charge in [-0.1, -0.05) is 26.0 Å². The van der Waals surface area contributed by atoms with Crippen molar-refractivity contribution >= 4 is 17.5 Å². The van der Waals surface area contributed by atoms with Crippen molar-refractivity contribution in [2.45, 2.75) is 46.5 Å². The summed E-state index contributed by atoms with van der Waals surface area (Å²) in [5, 5.41) is 3.00. The maximum Gasteiger partial charge on any atom is 0.227 e. The molecule has 2 amide bonds. The van der Waals surface area contributed by atoms with Gasteiger partial charge in [-0.3, -0.25) is 9.59 Å². The first-order chi connectivity index (χ1) is 11.0. The highest BCUT2D eigenvalue weighted by Crippen LogP contribution is 2.22. The average molecular weight is 316 g/mol. The lowest BCUT2D eigenvalue weighted by Crippen LogP contribution is -2.43. The smallest absolute Gasteiger partial charge is 0.227 e. The SMILES string of the molecule is CCC(CC)C(=O)N1CCC(C(=O)Nc2cccc(C)c2)CC1. The highest BCUT2D eigenvalue weighted by atomic mass is 16.2. The van der Waals surface area contributed by atoms with Gasteiger partial charge in [0.1, 0.15) is 0 Å². The van der Waals surface area contributed by atoms with Gasteiger partial charge in [0.05, 0.1) is 0 Å². The third-order valence-corrected chi connectivity index (χ3v) is 4.80. The summed E-state index contributed by atoms with van der Waals surface area (Å²) in [6, 6.07) is 7.85. The van der Waals surface area contributed by atoms with Crippen molar-refractivity contribution in [3.8, 4) is 0 Å². The Morgan fingerprint density at radius 3 is 2.43 bits per heavy atom. The molecule has 23 heavy (non-hydrogen) atoms. The van der Waals surface area contributed by atoms with Crippen molar-refractivity contribution in [2.75, 3.05) is 18.4 Å². The molecule has 1 aliphatic rings. The van der Waals surface area contributed by atoms with E-state index in [-0.39, 0.29) is 23.7 Å². The van der Waals surface area contributed by atoms with E-state index in [1.54, 1.807) is 0 Å². The molecule has 0 spiro atoms. The fourth-order valence-electron chi connectivity index (χ4n) is 3.23. The molecule has 0 bridgehead atoms. The van der Waals surface area contributed by atoms with Crippen molar-refractivity contribution in [1.82, 2.24) is 4.90 Å². The molecule has 126 valence electrons. The summed E-state index contributed by atoms with van der Waals surface area (Å²) in [6.07, 6.45) is 3.29. The molecule has 0 atom stereocenters. The van der Waals surface area contributed by atoms with Gasteiger partial charge >= 0.3 is 0 Å². The number of nitrogens with zero attached hydrogens (tertiary/aromatic N) is 1. The number of carbonyl (C=O) groups is 2. The van der Waals surface area contributed by atoms with Crippen LogP contribution in [0.2, 0.25) is 0 Å². The van der Waals surface area contributed by atoms with Gasteiger partial charge in [0, 0.05) is 30.6 Å². The van der Waals surface area contributed by atoms with E-state index >= 15 is 0 Å². The zero-order valence-electron chi connectivity index (χ0n) is 14.5. The molecule has 0 aromatic heterocycles. The fraction of sp³-hybridized carbons (Fsp3) is 0.579. The first-order valence-electron chi connectivity index (χ1n) is 8.71. The lowest BCUT2D eigenvalue weighted by Gasteiger charge is -2.33. The molecule has 2 rings (SSSR count). The summed E-state index contributed by atoms with van der Waals surface area (Å²) in [4.78, 5) is 26.7. The molecular formula is C19H28N2O2. The Kier molecular flexibility index (Phi) is 6.20. The second kappa shape index (κ2) is 8.14. The average Bonchev–Trinajstić information content (AvgIpc) is 2.56.